The van der Waals surface area contributed by atoms with Gasteiger partial charge in [-0.3, -0.25) is 0 Å². The summed E-state index contributed by atoms with van der Waals surface area (Å²) in [5.74, 6) is 1.02. The van der Waals surface area contributed by atoms with Gasteiger partial charge in [0.15, 0.2) is 0 Å². The molecule has 0 bridgehead atoms. The summed E-state index contributed by atoms with van der Waals surface area (Å²) in [5, 5.41) is 3.47. The van der Waals surface area contributed by atoms with Gasteiger partial charge >= 0.3 is 0 Å². The van der Waals surface area contributed by atoms with Crippen molar-refractivity contribution >= 4 is 0 Å². The Bertz CT molecular complexity index is 553. The third-order valence-electron chi connectivity index (χ3n) is 3.44. The molecule has 1 heterocycles. The molecule has 2 N–H and O–H groups in total. The SMILES string of the molecule is Cc1ccc(-c2cnc(CNC3CC3)[nH]2)c(C)c1. The number of hydrogen-bond acceptors (Lipinski definition) is 2. The van der Waals surface area contributed by atoms with E-state index in [0.717, 1.165) is 24.1 Å². The minimum absolute atomic E-state index is 0.722. The maximum absolute atomic E-state index is 4.44. The smallest absolute Gasteiger partial charge is 0.120 e. The minimum atomic E-state index is 0.722. The van der Waals surface area contributed by atoms with Crippen LogP contribution in [0.4, 0.5) is 0 Å². The Morgan fingerprint density at radius 2 is 2.17 bits per heavy atom. The molecule has 3 rings (SSSR count). The van der Waals surface area contributed by atoms with E-state index in [2.05, 4.69) is 47.3 Å². The number of H-pyrrole nitrogens is 1. The van der Waals surface area contributed by atoms with Crippen molar-refractivity contribution in [1.29, 1.82) is 0 Å². The number of aryl methyl sites for hydroxylation is 2. The fourth-order valence-electron chi connectivity index (χ4n) is 2.23. The average molecular weight is 241 g/mol. The van der Waals surface area contributed by atoms with Crippen molar-refractivity contribution in [3.8, 4) is 11.3 Å². The Kier molecular flexibility index (Phi) is 2.92. The molecule has 0 spiro atoms. The first-order valence-electron chi connectivity index (χ1n) is 6.57. The first-order valence-corrected chi connectivity index (χ1v) is 6.57. The van der Waals surface area contributed by atoms with E-state index in [9.17, 15) is 0 Å². The van der Waals surface area contributed by atoms with Gasteiger partial charge in [-0.15, -0.1) is 0 Å². The van der Waals surface area contributed by atoms with E-state index in [1.807, 2.05) is 6.20 Å². The van der Waals surface area contributed by atoms with E-state index < -0.39 is 0 Å². The van der Waals surface area contributed by atoms with Crippen LogP contribution in [0.15, 0.2) is 24.4 Å². The van der Waals surface area contributed by atoms with Gasteiger partial charge in [-0.05, 0) is 32.3 Å². The van der Waals surface area contributed by atoms with Gasteiger partial charge in [0.1, 0.15) is 5.82 Å². The monoisotopic (exact) mass is 241 g/mol. The second-order valence-electron chi connectivity index (χ2n) is 5.22. The van der Waals surface area contributed by atoms with Gasteiger partial charge in [0.2, 0.25) is 0 Å². The molecule has 0 radical (unpaired) electrons. The zero-order valence-electron chi connectivity index (χ0n) is 11.0. The largest absolute Gasteiger partial charge is 0.341 e. The van der Waals surface area contributed by atoms with E-state index >= 15 is 0 Å². The van der Waals surface area contributed by atoms with E-state index in [1.165, 1.54) is 29.5 Å². The Morgan fingerprint density at radius 3 is 2.89 bits per heavy atom. The highest BCUT2D eigenvalue weighted by Crippen LogP contribution is 2.23. The van der Waals surface area contributed by atoms with Crippen molar-refractivity contribution < 1.29 is 0 Å². The highest BCUT2D eigenvalue weighted by atomic mass is 15.0. The maximum Gasteiger partial charge on any atom is 0.120 e. The zero-order chi connectivity index (χ0) is 12.5. The predicted molar refractivity (Wildman–Crippen MR) is 73.4 cm³/mol. The van der Waals surface area contributed by atoms with Gasteiger partial charge in [-0.25, -0.2) is 4.98 Å². The van der Waals surface area contributed by atoms with Crippen LogP contribution in [0.5, 0.6) is 0 Å². The Hall–Kier alpha value is -1.61. The number of hydrogen-bond donors (Lipinski definition) is 2. The van der Waals surface area contributed by atoms with E-state index in [0.29, 0.717) is 0 Å². The predicted octanol–water partition coefficient (Wildman–Crippen LogP) is 2.95. The fourth-order valence-corrected chi connectivity index (χ4v) is 2.23. The third-order valence-corrected chi connectivity index (χ3v) is 3.44. The van der Waals surface area contributed by atoms with Gasteiger partial charge in [0.25, 0.3) is 0 Å². The van der Waals surface area contributed by atoms with Crippen molar-refractivity contribution in [2.24, 2.45) is 0 Å². The van der Waals surface area contributed by atoms with Crippen molar-refractivity contribution in [1.82, 2.24) is 15.3 Å². The Labute approximate surface area is 108 Å². The van der Waals surface area contributed by atoms with Crippen LogP contribution >= 0.6 is 0 Å². The normalized spacial score (nSPS) is 15.0. The number of nitrogens with zero attached hydrogens (tertiary/aromatic N) is 1. The molecule has 1 aromatic heterocycles. The summed E-state index contributed by atoms with van der Waals surface area (Å²) in [4.78, 5) is 7.84. The topological polar surface area (TPSA) is 40.7 Å². The molecule has 1 aromatic carbocycles. The molecule has 0 amide bonds. The van der Waals surface area contributed by atoms with Crippen molar-refractivity contribution in [2.45, 2.75) is 39.3 Å². The van der Waals surface area contributed by atoms with Crippen LogP contribution in [0.1, 0.15) is 29.8 Å². The first kappa shape index (κ1) is 11.5. The molecule has 1 aliphatic carbocycles. The number of benzene rings is 1. The lowest BCUT2D eigenvalue weighted by molar-refractivity contribution is 0.664. The lowest BCUT2D eigenvalue weighted by Crippen LogP contribution is -2.16. The first-order chi connectivity index (χ1) is 8.72. The second-order valence-corrected chi connectivity index (χ2v) is 5.22. The van der Waals surface area contributed by atoms with Gasteiger partial charge in [0.05, 0.1) is 18.4 Å². The summed E-state index contributed by atoms with van der Waals surface area (Å²) in [5.41, 5.74) is 4.94. The van der Waals surface area contributed by atoms with Crippen LogP contribution in [0, 0.1) is 13.8 Å². The lowest BCUT2D eigenvalue weighted by Gasteiger charge is -2.04. The second kappa shape index (κ2) is 4.58. The van der Waals surface area contributed by atoms with Crippen LogP contribution < -0.4 is 5.32 Å². The zero-order valence-corrected chi connectivity index (χ0v) is 11.0. The van der Waals surface area contributed by atoms with Crippen LogP contribution in [0.3, 0.4) is 0 Å². The molecule has 94 valence electrons. The summed E-state index contributed by atoms with van der Waals surface area (Å²) in [6.07, 6.45) is 4.55. The molecule has 0 atom stereocenters. The average Bonchev–Trinajstić information content (AvgIpc) is 3.05. The molecule has 3 nitrogen and oxygen atoms in total. The highest BCUT2D eigenvalue weighted by molar-refractivity contribution is 5.63. The number of nitrogens with one attached hydrogen (secondary N) is 2. The molecule has 1 saturated carbocycles. The van der Waals surface area contributed by atoms with Crippen LogP contribution in [0.2, 0.25) is 0 Å². The van der Waals surface area contributed by atoms with Crippen molar-refractivity contribution in [2.75, 3.05) is 0 Å². The fraction of sp³-hybridized carbons (Fsp3) is 0.400. The summed E-state index contributed by atoms with van der Waals surface area (Å²) in [6, 6.07) is 7.24. The standard InChI is InChI=1S/C15H19N3/c1-10-3-6-13(11(2)7-10)14-8-17-15(18-14)9-16-12-4-5-12/h3,6-8,12,16H,4-5,9H2,1-2H3,(H,17,18). The van der Waals surface area contributed by atoms with E-state index in [1.54, 1.807) is 0 Å². The molecule has 0 saturated heterocycles. The Morgan fingerprint density at radius 1 is 1.33 bits per heavy atom. The minimum Gasteiger partial charge on any atom is -0.341 e. The van der Waals surface area contributed by atoms with Gasteiger partial charge in [0, 0.05) is 11.6 Å². The van der Waals surface area contributed by atoms with E-state index in [4.69, 9.17) is 0 Å². The number of aromatic nitrogens is 2. The Balaban J connectivity index is 1.78. The van der Waals surface area contributed by atoms with Gasteiger partial charge in [-0.2, -0.15) is 0 Å². The quantitative estimate of drug-likeness (QED) is 0.864. The van der Waals surface area contributed by atoms with Gasteiger partial charge < -0.3 is 10.3 Å². The molecule has 1 fully saturated rings. The van der Waals surface area contributed by atoms with Crippen LogP contribution in [0.25, 0.3) is 11.3 Å². The number of aromatic amines is 1. The summed E-state index contributed by atoms with van der Waals surface area (Å²) >= 11 is 0. The molecular weight excluding hydrogens is 222 g/mol. The maximum atomic E-state index is 4.44. The summed E-state index contributed by atoms with van der Waals surface area (Å²) in [6.45, 7) is 5.11. The molecule has 0 unspecified atom stereocenters. The molecule has 0 aliphatic heterocycles. The highest BCUT2D eigenvalue weighted by Gasteiger charge is 2.20. The van der Waals surface area contributed by atoms with Crippen LogP contribution in [-0.4, -0.2) is 16.0 Å². The van der Waals surface area contributed by atoms with E-state index in [-0.39, 0.29) is 0 Å². The molecule has 2 aromatic rings. The molecular formula is C15H19N3. The third kappa shape index (κ3) is 2.46. The molecule has 1 aliphatic rings. The van der Waals surface area contributed by atoms with Gasteiger partial charge in [-0.1, -0.05) is 23.8 Å². The summed E-state index contributed by atoms with van der Waals surface area (Å²) < 4.78 is 0. The lowest BCUT2D eigenvalue weighted by atomic mass is 10.0. The number of imidazole rings is 1. The van der Waals surface area contributed by atoms with Crippen LogP contribution in [-0.2, 0) is 6.54 Å². The van der Waals surface area contributed by atoms with Crippen molar-refractivity contribution in [3.63, 3.8) is 0 Å². The molecule has 3 heteroatoms. The molecule has 18 heavy (non-hydrogen) atoms. The van der Waals surface area contributed by atoms with Crippen molar-refractivity contribution in [3.05, 3.63) is 41.3 Å². The summed E-state index contributed by atoms with van der Waals surface area (Å²) in [7, 11) is 0. The number of rotatable bonds is 4.